The highest BCUT2D eigenvalue weighted by molar-refractivity contribution is 5.74. The molecule has 3 heteroatoms. The number of piperidine rings is 1. The second kappa shape index (κ2) is 5.23. The first-order valence-corrected chi connectivity index (χ1v) is 5.65. The van der Waals surface area contributed by atoms with Gasteiger partial charge >= 0.3 is 6.03 Å². The lowest BCUT2D eigenvalue weighted by molar-refractivity contribution is 0.157. The number of hydrogen-bond acceptors (Lipinski definition) is 1. The lowest BCUT2D eigenvalue weighted by Crippen LogP contribution is -2.48. The molecule has 0 spiro atoms. The summed E-state index contributed by atoms with van der Waals surface area (Å²) in [5.74, 6) is 0.527. The smallest absolute Gasteiger partial charge is 0.317 e. The molecule has 3 nitrogen and oxygen atoms in total. The van der Waals surface area contributed by atoms with Crippen molar-refractivity contribution in [3.05, 3.63) is 0 Å². The second-order valence-electron chi connectivity index (χ2n) is 4.62. The summed E-state index contributed by atoms with van der Waals surface area (Å²) in [5.41, 5.74) is 0. The summed E-state index contributed by atoms with van der Waals surface area (Å²) in [7, 11) is 0. The summed E-state index contributed by atoms with van der Waals surface area (Å²) >= 11 is 0. The highest BCUT2D eigenvalue weighted by Crippen LogP contribution is 2.16. The average Bonchev–Trinajstić information content (AvgIpc) is 2.15. The average molecular weight is 198 g/mol. The number of carbonyl (C=O) groups is 1. The Kier molecular flexibility index (Phi) is 4.23. The van der Waals surface area contributed by atoms with Gasteiger partial charge in [0.05, 0.1) is 0 Å². The van der Waals surface area contributed by atoms with Crippen LogP contribution in [0.5, 0.6) is 0 Å². The van der Waals surface area contributed by atoms with E-state index in [2.05, 4.69) is 26.1 Å². The summed E-state index contributed by atoms with van der Waals surface area (Å²) in [5, 5.41) is 2.97. The quantitative estimate of drug-likeness (QED) is 0.725. The Labute approximate surface area is 86.9 Å². The van der Waals surface area contributed by atoms with Crippen LogP contribution in [0, 0.1) is 5.92 Å². The molecule has 1 fully saturated rings. The van der Waals surface area contributed by atoms with Crippen LogP contribution < -0.4 is 5.32 Å². The Hall–Kier alpha value is -0.730. The molecule has 1 N–H and O–H groups in total. The molecule has 0 aromatic carbocycles. The maximum atomic E-state index is 11.7. The molecule has 1 saturated heterocycles. The van der Waals surface area contributed by atoms with Crippen molar-refractivity contribution in [3.63, 3.8) is 0 Å². The van der Waals surface area contributed by atoms with Gasteiger partial charge in [-0.2, -0.15) is 0 Å². The normalized spacial score (nSPS) is 22.6. The van der Waals surface area contributed by atoms with E-state index in [0.717, 1.165) is 25.9 Å². The number of rotatable bonds is 2. The van der Waals surface area contributed by atoms with Crippen molar-refractivity contribution >= 4 is 6.03 Å². The fourth-order valence-electron chi connectivity index (χ4n) is 1.79. The van der Waals surface area contributed by atoms with Gasteiger partial charge in [-0.15, -0.1) is 0 Å². The Morgan fingerprint density at radius 2 is 2.21 bits per heavy atom. The minimum absolute atomic E-state index is 0.117. The van der Waals surface area contributed by atoms with Gasteiger partial charge in [-0.25, -0.2) is 4.79 Å². The number of amides is 2. The van der Waals surface area contributed by atoms with Gasteiger partial charge in [0.25, 0.3) is 0 Å². The first-order valence-electron chi connectivity index (χ1n) is 5.65. The minimum Gasteiger partial charge on any atom is -0.338 e. The number of hydrogen-bond donors (Lipinski definition) is 1. The summed E-state index contributed by atoms with van der Waals surface area (Å²) in [6, 6.07) is 0.529. The third kappa shape index (κ3) is 3.20. The van der Waals surface area contributed by atoms with Gasteiger partial charge in [-0.3, -0.25) is 0 Å². The number of urea groups is 1. The molecule has 1 aliphatic rings. The fourth-order valence-corrected chi connectivity index (χ4v) is 1.79. The van der Waals surface area contributed by atoms with E-state index in [4.69, 9.17) is 0 Å². The number of carbonyl (C=O) groups excluding carboxylic acids is 1. The van der Waals surface area contributed by atoms with Crippen molar-refractivity contribution in [2.75, 3.05) is 13.1 Å². The third-order valence-corrected chi connectivity index (χ3v) is 2.73. The molecule has 1 atom stereocenters. The maximum Gasteiger partial charge on any atom is 0.317 e. The molecule has 0 aromatic heterocycles. The van der Waals surface area contributed by atoms with Gasteiger partial charge < -0.3 is 10.2 Å². The van der Waals surface area contributed by atoms with E-state index in [1.165, 1.54) is 6.42 Å². The number of likely N-dealkylation sites (tertiary alicyclic amines) is 1. The highest BCUT2D eigenvalue weighted by atomic mass is 16.2. The standard InChI is InChI=1S/C11H22N2O/c1-9(2)8-12-11(14)13-7-5-4-6-10(13)3/h9-10H,4-8H2,1-3H3,(H,12,14). The lowest BCUT2D eigenvalue weighted by Gasteiger charge is -2.33. The maximum absolute atomic E-state index is 11.7. The van der Waals surface area contributed by atoms with E-state index in [1.54, 1.807) is 0 Å². The topological polar surface area (TPSA) is 32.3 Å². The Morgan fingerprint density at radius 3 is 2.79 bits per heavy atom. The van der Waals surface area contributed by atoms with Crippen molar-refractivity contribution in [2.45, 2.75) is 46.1 Å². The zero-order chi connectivity index (χ0) is 10.6. The van der Waals surface area contributed by atoms with Crippen molar-refractivity contribution in [3.8, 4) is 0 Å². The minimum atomic E-state index is 0.117. The zero-order valence-corrected chi connectivity index (χ0v) is 9.55. The Morgan fingerprint density at radius 1 is 1.50 bits per heavy atom. The van der Waals surface area contributed by atoms with Crippen LogP contribution in [0.1, 0.15) is 40.0 Å². The molecule has 0 aliphatic carbocycles. The highest BCUT2D eigenvalue weighted by Gasteiger charge is 2.22. The molecule has 1 aliphatic heterocycles. The predicted octanol–water partition coefficient (Wildman–Crippen LogP) is 2.23. The largest absolute Gasteiger partial charge is 0.338 e. The van der Waals surface area contributed by atoms with Crippen molar-refractivity contribution in [1.82, 2.24) is 10.2 Å². The van der Waals surface area contributed by atoms with Crippen LogP contribution in [0.4, 0.5) is 4.79 Å². The summed E-state index contributed by atoms with van der Waals surface area (Å²) in [4.78, 5) is 13.7. The number of nitrogens with one attached hydrogen (secondary N) is 1. The van der Waals surface area contributed by atoms with Crippen molar-refractivity contribution < 1.29 is 4.79 Å². The van der Waals surface area contributed by atoms with E-state index >= 15 is 0 Å². The van der Waals surface area contributed by atoms with Crippen molar-refractivity contribution in [1.29, 1.82) is 0 Å². The third-order valence-electron chi connectivity index (χ3n) is 2.73. The lowest BCUT2D eigenvalue weighted by atomic mass is 10.0. The van der Waals surface area contributed by atoms with Gasteiger partial charge in [-0.05, 0) is 32.1 Å². The van der Waals surface area contributed by atoms with Gasteiger partial charge in [0.15, 0.2) is 0 Å². The molecule has 2 amide bonds. The SMILES string of the molecule is CC(C)CNC(=O)N1CCCCC1C. The van der Waals surface area contributed by atoms with Gasteiger partial charge in [0, 0.05) is 19.1 Å². The molecule has 0 bridgehead atoms. The summed E-state index contributed by atoms with van der Waals surface area (Å²) in [6.07, 6.45) is 3.56. The fraction of sp³-hybridized carbons (Fsp3) is 0.909. The summed E-state index contributed by atoms with van der Waals surface area (Å²) < 4.78 is 0. The second-order valence-corrected chi connectivity index (χ2v) is 4.62. The van der Waals surface area contributed by atoms with Crippen LogP contribution in [-0.2, 0) is 0 Å². The molecular weight excluding hydrogens is 176 g/mol. The Balaban J connectivity index is 2.34. The van der Waals surface area contributed by atoms with Gasteiger partial charge in [-0.1, -0.05) is 13.8 Å². The molecule has 0 radical (unpaired) electrons. The zero-order valence-electron chi connectivity index (χ0n) is 9.55. The Bertz CT molecular complexity index is 192. The first kappa shape index (κ1) is 11.3. The van der Waals surface area contributed by atoms with E-state index < -0.39 is 0 Å². The summed E-state index contributed by atoms with van der Waals surface area (Å²) in [6.45, 7) is 8.06. The molecule has 1 rings (SSSR count). The van der Waals surface area contributed by atoms with Crippen molar-refractivity contribution in [2.24, 2.45) is 5.92 Å². The van der Waals surface area contributed by atoms with E-state index in [0.29, 0.717) is 12.0 Å². The molecule has 1 heterocycles. The van der Waals surface area contributed by atoms with Crippen LogP contribution in [0.15, 0.2) is 0 Å². The molecule has 82 valence electrons. The van der Waals surface area contributed by atoms with E-state index in [-0.39, 0.29) is 6.03 Å². The monoisotopic (exact) mass is 198 g/mol. The number of nitrogens with zero attached hydrogens (tertiary/aromatic N) is 1. The molecule has 1 unspecified atom stereocenters. The van der Waals surface area contributed by atoms with Crippen LogP contribution in [0.3, 0.4) is 0 Å². The van der Waals surface area contributed by atoms with E-state index in [1.807, 2.05) is 4.90 Å². The molecule has 14 heavy (non-hydrogen) atoms. The van der Waals surface area contributed by atoms with Crippen LogP contribution in [0.2, 0.25) is 0 Å². The first-order chi connectivity index (χ1) is 6.61. The van der Waals surface area contributed by atoms with Crippen LogP contribution in [-0.4, -0.2) is 30.1 Å². The van der Waals surface area contributed by atoms with Crippen LogP contribution in [0.25, 0.3) is 0 Å². The van der Waals surface area contributed by atoms with E-state index in [9.17, 15) is 4.79 Å². The molecule has 0 aromatic rings. The van der Waals surface area contributed by atoms with Gasteiger partial charge in [0.1, 0.15) is 0 Å². The predicted molar refractivity (Wildman–Crippen MR) is 58.3 cm³/mol. The van der Waals surface area contributed by atoms with Gasteiger partial charge in [0.2, 0.25) is 0 Å². The molecular formula is C11H22N2O. The van der Waals surface area contributed by atoms with Crippen LogP contribution >= 0.6 is 0 Å². The molecule has 0 saturated carbocycles.